The summed E-state index contributed by atoms with van der Waals surface area (Å²) in [5.74, 6) is -0.274. The van der Waals surface area contributed by atoms with E-state index >= 15 is 0 Å². The first kappa shape index (κ1) is 9.72. The maximum Gasteiger partial charge on any atom is 0.303 e. The third-order valence-corrected chi connectivity index (χ3v) is 2.69. The van der Waals surface area contributed by atoms with E-state index in [0.717, 1.165) is 0 Å². The van der Waals surface area contributed by atoms with Crippen LogP contribution in [0.3, 0.4) is 0 Å². The van der Waals surface area contributed by atoms with Crippen molar-refractivity contribution in [2.24, 2.45) is 0 Å². The average Bonchev–Trinajstić information content (AvgIpc) is 2.64. The zero-order valence-corrected chi connectivity index (χ0v) is 8.87. The Morgan fingerprint density at radius 3 is 2.59 bits per heavy atom. The molecule has 1 aliphatic carbocycles. The molecule has 3 rings (SSSR count). The van der Waals surface area contributed by atoms with E-state index in [1.165, 1.54) is 0 Å². The number of ketones is 1. The minimum absolute atomic E-state index is 0.0192. The van der Waals surface area contributed by atoms with Gasteiger partial charge < -0.3 is 5.11 Å². The quantitative estimate of drug-likeness (QED) is 0.747. The van der Waals surface area contributed by atoms with Crippen molar-refractivity contribution in [1.82, 2.24) is 4.98 Å². The highest BCUT2D eigenvalue weighted by molar-refractivity contribution is 6.31. The molecule has 0 saturated heterocycles. The maximum atomic E-state index is 12.1. The van der Waals surface area contributed by atoms with Crippen molar-refractivity contribution in [2.75, 3.05) is 0 Å². The van der Waals surface area contributed by atoms with Crippen LogP contribution in [0.1, 0.15) is 16.1 Å². The van der Waals surface area contributed by atoms with Gasteiger partial charge in [-0.25, -0.2) is 0 Å². The maximum absolute atomic E-state index is 12.1. The van der Waals surface area contributed by atoms with E-state index in [0.29, 0.717) is 11.3 Å². The zero-order chi connectivity index (χ0) is 11.8. The minimum atomic E-state index is -0.255. The van der Waals surface area contributed by atoms with E-state index in [2.05, 4.69) is 4.98 Å². The Kier molecular flexibility index (Phi) is 2.01. The fraction of sp³-hybridized carbons (Fsp3) is 0. The van der Waals surface area contributed by atoms with E-state index in [-0.39, 0.29) is 17.2 Å². The zero-order valence-electron chi connectivity index (χ0n) is 8.87. The Hall–Kier alpha value is -2.49. The predicted molar refractivity (Wildman–Crippen MR) is 60.9 cm³/mol. The number of nitrogens with zero attached hydrogens (tertiary/aromatic N) is 2. The predicted octanol–water partition coefficient (Wildman–Crippen LogP) is 1.45. The van der Waals surface area contributed by atoms with Crippen LogP contribution in [0.4, 0.5) is 0 Å². The van der Waals surface area contributed by atoms with Crippen molar-refractivity contribution in [1.29, 1.82) is 0 Å². The summed E-state index contributed by atoms with van der Waals surface area (Å²) in [6, 6.07) is 8.82. The molecule has 4 heteroatoms. The summed E-state index contributed by atoms with van der Waals surface area (Å²) < 4.78 is 1.60. The number of aliphatic hydroxyl groups excluding tert-OH is 1. The van der Waals surface area contributed by atoms with Crippen molar-refractivity contribution in [2.45, 2.75) is 0 Å². The monoisotopic (exact) mass is 225 g/mol. The van der Waals surface area contributed by atoms with Gasteiger partial charge in [0.2, 0.25) is 5.76 Å². The fourth-order valence-electron chi connectivity index (χ4n) is 1.91. The lowest BCUT2D eigenvalue weighted by molar-refractivity contribution is -0.576. The van der Waals surface area contributed by atoms with Crippen LogP contribution in [0.25, 0.3) is 11.5 Å². The van der Waals surface area contributed by atoms with Crippen LogP contribution < -0.4 is 4.57 Å². The standard InChI is InChI=1S/C13H8N2O2/c16-12-9-5-4-6-14-10(9)13(17)11(12)15-7-2-1-3-8-15/h1-8H/p+1. The molecule has 2 aromatic rings. The molecule has 0 aliphatic heterocycles. The Bertz CT molecular complexity index is 633. The topological polar surface area (TPSA) is 54.1 Å². The number of fused-ring (bicyclic) bond motifs is 1. The van der Waals surface area contributed by atoms with Crippen LogP contribution in [-0.4, -0.2) is 15.9 Å². The molecule has 4 nitrogen and oxygen atoms in total. The second-order valence-corrected chi connectivity index (χ2v) is 3.71. The molecule has 0 unspecified atom stereocenters. The van der Waals surface area contributed by atoms with Crippen molar-refractivity contribution >= 4 is 17.2 Å². The van der Waals surface area contributed by atoms with Gasteiger partial charge in [0.15, 0.2) is 12.4 Å². The van der Waals surface area contributed by atoms with Crippen molar-refractivity contribution in [3.05, 3.63) is 60.2 Å². The number of carbonyl (C=O) groups excluding carboxylic acids is 1. The van der Waals surface area contributed by atoms with Crippen LogP contribution in [0, 0.1) is 0 Å². The molecule has 2 aromatic heterocycles. The molecule has 17 heavy (non-hydrogen) atoms. The molecular formula is C13H9N2O2+. The average molecular weight is 225 g/mol. The van der Waals surface area contributed by atoms with Gasteiger partial charge >= 0.3 is 5.70 Å². The molecule has 0 spiro atoms. The number of Topliss-reactive ketones (excluding diaryl/α,β-unsaturated/α-hetero) is 1. The largest absolute Gasteiger partial charge is 0.502 e. The summed E-state index contributed by atoms with van der Waals surface area (Å²) in [5, 5.41) is 10.1. The molecule has 82 valence electrons. The number of hydrogen-bond donors (Lipinski definition) is 1. The number of aliphatic hydroxyl groups is 1. The first-order valence-electron chi connectivity index (χ1n) is 5.19. The van der Waals surface area contributed by atoms with E-state index in [9.17, 15) is 9.90 Å². The Morgan fingerprint density at radius 1 is 1.12 bits per heavy atom. The molecule has 2 heterocycles. The van der Waals surface area contributed by atoms with E-state index in [1.54, 1.807) is 47.4 Å². The van der Waals surface area contributed by atoms with Gasteiger partial charge in [0.25, 0.3) is 5.78 Å². The normalized spacial score (nSPS) is 14.0. The van der Waals surface area contributed by atoms with Crippen LogP contribution >= 0.6 is 0 Å². The highest BCUT2D eigenvalue weighted by atomic mass is 16.3. The molecule has 1 N–H and O–H groups in total. The van der Waals surface area contributed by atoms with Gasteiger partial charge in [0.1, 0.15) is 5.69 Å². The summed E-state index contributed by atoms with van der Waals surface area (Å²) >= 11 is 0. The lowest BCUT2D eigenvalue weighted by Gasteiger charge is -1.93. The summed E-state index contributed by atoms with van der Waals surface area (Å²) in [6.45, 7) is 0. The number of carbonyl (C=O) groups is 1. The van der Waals surface area contributed by atoms with Gasteiger partial charge in [0.05, 0.1) is 5.56 Å². The number of rotatable bonds is 1. The van der Waals surface area contributed by atoms with Gasteiger partial charge in [-0.15, -0.1) is 0 Å². The molecule has 0 fully saturated rings. The Labute approximate surface area is 97.5 Å². The van der Waals surface area contributed by atoms with Crippen LogP contribution in [0.5, 0.6) is 0 Å². The minimum Gasteiger partial charge on any atom is -0.502 e. The number of hydrogen-bond acceptors (Lipinski definition) is 3. The molecule has 0 aromatic carbocycles. The fourth-order valence-corrected chi connectivity index (χ4v) is 1.91. The van der Waals surface area contributed by atoms with Gasteiger partial charge in [0, 0.05) is 18.3 Å². The van der Waals surface area contributed by atoms with Crippen molar-refractivity contribution in [3.8, 4) is 0 Å². The molecule has 0 radical (unpaired) electrons. The highest BCUT2D eigenvalue weighted by Gasteiger charge is 2.37. The molecule has 0 bridgehead atoms. The van der Waals surface area contributed by atoms with E-state index in [1.807, 2.05) is 6.07 Å². The first-order chi connectivity index (χ1) is 8.29. The number of allylic oxidation sites excluding steroid dienone is 1. The van der Waals surface area contributed by atoms with Crippen molar-refractivity contribution in [3.63, 3.8) is 0 Å². The summed E-state index contributed by atoms with van der Waals surface area (Å²) in [4.78, 5) is 16.1. The molecular weight excluding hydrogens is 216 g/mol. The molecule has 1 aliphatic rings. The van der Waals surface area contributed by atoms with Gasteiger partial charge in [-0.2, -0.15) is 4.57 Å². The lowest BCUT2D eigenvalue weighted by atomic mass is 10.2. The van der Waals surface area contributed by atoms with E-state index in [4.69, 9.17) is 0 Å². The highest BCUT2D eigenvalue weighted by Crippen LogP contribution is 2.28. The van der Waals surface area contributed by atoms with Crippen molar-refractivity contribution < 1.29 is 14.5 Å². The number of pyridine rings is 2. The van der Waals surface area contributed by atoms with Gasteiger partial charge in [-0.3, -0.25) is 9.78 Å². The third-order valence-electron chi connectivity index (χ3n) is 2.69. The second-order valence-electron chi connectivity index (χ2n) is 3.71. The van der Waals surface area contributed by atoms with E-state index < -0.39 is 0 Å². The van der Waals surface area contributed by atoms with Crippen LogP contribution in [-0.2, 0) is 0 Å². The second kappa shape index (κ2) is 3.52. The van der Waals surface area contributed by atoms with Gasteiger partial charge in [-0.05, 0) is 12.1 Å². The number of aromatic nitrogens is 2. The molecule has 0 amide bonds. The molecule has 0 saturated carbocycles. The smallest absolute Gasteiger partial charge is 0.303 e. The SMILES string of the molecule is O=C1C([n+]2ccccc2)=C(O)c2cccnc21. The van der Waals surface area contributed by atoms with Gasteiger partial charge in [-0.1, -0.05) is 6.07 Å². The third kappa shape index (κ3) is 1.34. The lowest BCUT2D eigenvalue weighted by Crippen LogP contribution is -2.34. The summed E-state index contributed by atoms with van der Waals surface area (Å²) in [5.41, 5.74) is 1.04. The first-order valence-corrected chi connectivity index (χ1v) is 5.19. The summed E-state index contributed by atoms with van der Waals surface area (Å²) in [7, 11) is 0. The Balaban J connectivity index is 2.22. The molecule has 0 atom stereocenters. The Morgan fingerprint density at radius 2 is 1.88 bits per heavy atom. The van der Waals surface area contributed by atoms with Crippen LogP contribution in [0.15, 0.2) is 48.9 Å². The summed E-state index contributed by atoms with van der Waals surface area (Å²) in [6.07, 6.45) is 4.98. The van der Waals surface area contributed by atoms with Crippen LogP contribution in [0.2, 0.25) is 0 Å².